The Morgan fingerprint density at radius 1 is 1.24 bits per heavy atom. The number of aromatic nitrogens is 2. The van der Waals surface area contributed by atoms with E-state index in [-0.39, 0.29) is 23.3 Å². The lowest BCUT2D eigenvalue weighted by atomic mass is 9.81. The molecule has 156 valence electrons. The average Bonchev–Trinajstić information content (AvgIpc) is 2.73. The highest BCUT2D eigenvalue weighted by molar-refractivity contribution is 5.85. The lowest BCUT2D eigenvalue weighted by molar-refractivity contribution is -0.144. The van der Waals surface area contributed by atoms with Gasteiger partial charge >= 0.3 is 5.97 Å². The third-order valence-corrected chi connectivity index (χ3v) is 6.18. The number of aliphatic carboxylic acids is 1. The summed E-state index contributed by atoms with van der Waals surface area (Å²) >= 11 is 0. The van der Waals surface area contributed by atoms with Gasteiger partial charge in [0.15, 0.2) is 0 Å². The van der Waals surface area contributed by atoms with Gasteiger partial charge in [0.05, 0.1) is 17.2 Å². The zero-order valence-electron chi connectivity index (χ0n) is 17.0. The second-order valence-corrected chi connectivity index (χ2v) is 8.15. The van der Waals surface area contributed by atoms with Crippen LogP contribution >= 0.6 is 0 Å². The number of benzene rings is 1. The van der Waals surface area contributed by atoms with Crippen LogP contribution in [0.2, 0.25) is 0 Å². The number of hydrogen-bond acceptors (Lipinski definition) is 4. The van der Waals surface area contributed by atoms with Crippen molar-refractivity contribution < 1.29 is 14.7 Å². The number of nitrogens with one attached hydrogen (secondary N) is 1. The molecule has 1 aliphatic carbocycles. The number of para-hydroxylation sites is 1. The van der Waals surface area contributed by atoms with E-state index in [0.29, 0.717) is 42.6 Å². The van der Waals surface area contributed by atoms with Crippen molar-refractivity contribution in [1.29, 1.82) is 0 Å². The summed E-state index contributed by atoms with van der Waals surface area (Å²) < 4.78 is 1.66. The minimum atomic E-state index is -0.982. The minimum Gasteiger partial charge on any atom is -0.480 e. The SMILES string of the molecule is CCC(C)C(NC(=O)C1CCC(Cn2cnc3ccccc3c2=O)CC1)C(=O)O. The van der Waals surface area contributed by atoms with Crippen molar-refractivity contribution in [3.8, 4) is 0 Å². The summed E-state index contributed by atoms with van der Waals surface area (Å²) in [6, 6.07) is 6.48. The molecule has 1 aromatic heterocycles. The van der Waals surface area contributed by atoms with E-state index in [9.17, 15) is 19.5 Å². The Morgan fingerprint density at radius 2 is 1.93 bits per heavy atom. The van der Waals surface area contributed by atoms with Crippen LogP contribution in [0, 0.1) is 17.8 Å². The fraction of sp³-hybridized carbons (Fsp3) is 0.545. The number of carbonyl (C=O) groups is 2. The highest BCUT2D eigenvalue weighted by atomic mass is 16.4. The van der Waals surface area contributed by atoms with Crippen LogP contribution in [0.1, 0.15) is 46.0 Å². The summed E-state index contributed by atoms with van der Waals surface area (Å²) in [6.07, 6.45) is 5.38. The van der Waals surface area contributed by atoms with Crippen LogP contribution in [0.3, 0.4) is 0 Å². The summed E-state index contributed by atoms with van der Waals surface area (Å²) in [6.45, 7) is 4.35. The van der Waals surface area contributed by atoms with Gasteiger partial charge in [0.2, 0.25) is 5.91 Å². The Balaban J connectivity index is 1.58. The molecule has 0 aliphatic heterocycles. The van der Waals surface area contributed by atoms with Crippen LogP contribution in [0.25, 0.3) is 10.9 Å². The van der Waals surface area contributed by atoms with Crippen LogP contribution in [0.4, 0.5) is 0 Å². The molecule has 0 spiro atoms. The van der Waals surface area contributed by atoms with E-state index in [1.807, 2.05) is 32.0 Å². The molecule has 7 nitrogen and oxygen atoms in total. The van der Waals surface area contributed by atoms with Crippen molar-refractivity contribution in [2.24, 2.45) is 17.8 Å². The van der Waals surface area contributed by atoms with Crippen molar-refractivity contribution in [1.82, 2.24) is 14.9 Å². The zero-order valence-corrected chi connectivity index (χ0v) is 17.0. The van der Waals surface area contributed by atoms with E-state index in [4.69, 9.17) is 0 Å². The van der Waals surface area contributed by atoms with Crippen molar-refractivity contribution in [2.45, 2.75) is 58.5 Å². The van der Waals surface area contributed by atoms with E-state index >= 15 is 0 Å². The van der Waals surface area contributed by atoms with Crippen LogP contribution < -0.4 is 10.9 Å². The predicted octanol–water partition coefficient (Wildman–Crippen LogP) is 2.82. The molecule has 1 amide bonds. The highest BCUT2D eigenvalue weighted by Gasteiger charge is 2.31. The van der Waals surface area contributed by atoms with Crippen LogP contribution in [0.5, 0.6) is 0 Å². The molecule has 1 fully saturated rings. The lowest BCUT2D eigenvalue weighted by Gasteiger charge is -2.29. The van der Waals surface area contributed by atoms with Gasteiger partial charge in [0.1, 0.15) is 6.04 Å². The van der Waals surface area contributed by atoms with Crippen LogP contribution in [-0.4, -0.2) is 32.6 Å². The van der Waals surface area contributed by atoms with Crippen molar-refractivity contribution >= 4 is 22.8 Å². The van der Waals surface area contributed by atoms with Gasteiger partial charge in [-0.25, -0.2) is 9.78 Å². The van der Waals surface area contributed by atoms with Gasteiger partial charge in [-0.3, -0.25) is 14.2 Å². The van der Waals surface area contributed by atoms with E-state index in [1.165, 1.54) is 0 Å². The Labute approximate surface area is 170 Å². The maximum Gasteiger partial charge on any atom is 0.326 e. The van der Waals surface area contributed by atoms with Crippen molar-refractivity contribution in [3.63, 3.8) is 0 Å². The van der Waals surface area contributed by atoms with Crippen LogP contribution in [-0.2, 0) is 16.1 Å². The Hall–Kier alpha value is -2.70. The molecule has 29 heavy (non-hydrogen) atoms. The van der Waals surface area contributed by atoms with Gasteiger partial charge in [-0.15, -0.1) is 0 Å². The third kappa shape index (κ3) is 4.83. The molecule has 1 aliphatic rings. The van der Waals surface area contributed by atoms with E-state index in [0.717, 1.165) is 12.8 Å². The first-order valence-corrected chi connectivity index (χ1v) is 10.4. The Morgan fingerprint density at radius 3 is 2.59 bits per heavy atom. The average molecular weight is 399 g/mol. The van der Waals surface area contributed by atoms with E-state index in [2.05, 4.69) is 10.3 Å². The molecule has 2 unspecified atom stereocenters. The number of hydrogen-bond donors (Lipinski definition) is 2. The molecule has 0 saturated heterocycles. The smallest absolute Gasteiger partial charge is 0.326 e. The molecule has 0 bridgehead atoms. The first-order valence-electron chi connectivity index (χ1n) is 10.4. The molecule has 2 aromatic rings. The normalized spacial score (nSPS) is 21.4. The van der Waals surface area contributed by atoms with Gasteiger partial charge in [-0.1, -0.05) is 32.4 Å². The Kier molecular flexibility index (Phi) is 6.67. The molecule has 1 heterocycles. The highest BCUT2D eigenvalue weighted by Crippen LogP contribution is 2.30. The number of amides is 1. The van der Waals surface area contributed by atoms with Gasteiger partial charge < -0.3 is 10.4 Å². The summed E-state index contributed by atoms with van der Waals surface area (Å²) in [5, 5.41) is 12.7. The largest absolute Gasteiger partial charge is 0.480 e. The number of carboxylic acid groups (broad SMARTS) is 1. The van der Waals surface area contributed by atoms with Crippen LogP contribution in [0.15, 0.2) is 35.4 Å². The van der Waals surface area contributed by atoms with Gasteiger partial charge in [0.25, 0.3) is 5.56 Å². The molecule has 0 radical (unpaired) electrons. The number of carboxylic acids is 1. The molecular formula is C22H29N3O4. The molecule has 2 atom stereocenters. The number of carbonyl (C=O) groups excluding carboxylic acids is 1. The number of fused-ring (bicyclic) bond motifs is 1. The molecular weight excluding hydrogens is 370 g/mol. The molecule has 1 saturated carbocycles. The number of rotatable bonds is 7. The maximum absolute atomic E-state index is 12.7. The predicted molar refractivity (Wildman–Crippen MR) is 110 cm³/mol. The Bertz CT molecular complexity index is 931. The summed E-state index contributed by atoms with van der Waals surface area (Å²) in [5.41, 5.74) is 0.664. The maximum atomic E-state index is 12.7. The fourth-order valence-corrected chi connectivity index (χ4v) is 4.08. The molecule has 2 N–H and O–H groups in total. The van der Waals surface area contributed by atoms with Gasteiger partial charge in [-0.05, 0) is 49.7 Å². The standard InChI is InChI=1S/C22H29N3O4/c1-3-14(2)19(22(28)29)24-20(26)16-10-8-15(9-11-16)12-25-13-23-18-7-5-4-6-17(18)21(25)27/h4-7,13-16,19H,3,8-12H2,1-2H3,(H,24,26)(H,28,29). The second kappa shape index (κ2) is 9.20. The molecule has 3 rings (SSSR count). The monoisotopic (exact) mass is 399 g/mol. The summed E-state index contributed by atoms with van der Waals surface area (Å²) in [4.78, 5) is 41.0. The zero-order chi connectivity index (χ0) is 21.0. The van der Waals surface area contributed by atoms with Gasteiger partial charge in [0, 0.05) is 12.5 Å². The first kappa shape index (κ1) is 21.0. The molecule has 1 aromatic carbocycles. The van der Waals surface area contributed by atoms with Gasteiger partial charge in [-0.2, -0.15) is 0 Å². The minimum absolute atomic E-state index is 0.0340. The van der Waals surface area contributed by atoms with Crippen molar-refractivity contribution in [3.05, 3.63) is 40.9 Å². The second-order valence-electron chi connectivity index (χ2n) is 8.15. The van der Waals surface area contributed by atoms with E-state index < -0.39 is 12.0 Å². The quantitative estimate of drug-likeness (QED) is 0.745. The fourth-order valence-electron chi connectivity index (χ4n) is 4.08. The topological polar surface area (TPSA) is 101 Å². The van der Waals surface area contributed by atoms with E-state index in [1.54, 1.807) is 17.0 Å². The first-order chi connectivity index (χ1) is 13.9. The van der Waals surface area contributed by atoms with Crippen molar-refractivity contribution in [2.75, 3.05) is 0 Å². The summed E-state index contributed by atoms with van der Waals surface area (Å²) in [7, 11) is 0. The lowest BCUT2D eigenvalue weighted by Crippen LogP contribution is -2.47. The number of nitrogens with zero attached hydrogens (tertiary/aromatic N) is 2. The summed E-state index contributed by atoms with van der Waals surface area (Å²) in [5.74, 6) is -1.11. The molecule has 7 heteroatoms. The third-order valence-electron chi connectivity index (χ3n) is 6.18.